The van der Waals surface area contributed by atoms with Crippen LogP contribution in [0.1, 0.15) is 19.4 Å². The van der Waals surface area contributed by atoms with E-state index in [2.05, 4.69) is 33.6 Å². The minimum Gasteiger partial charge on any atom is -0.390 e. The minimum atomic E-state index is -0.300. The van der Waals surface area contributed by atoms with Gasteiger partial charge in [-0.3, -0.25) is 9.80 Å². The van der Waals surface area contributed by atoms with Crippen molar-refractivity contribution in [3.05, 3.63) is 18.0 Å². The topological polar surface area (TPSA) is 78.5 Å². The van der Waals surface area contributed by atoms with Crippen LogP contribution in [-0.4, -0.2) is 63.7 Å². The lowest BCUT2D eigenvalue weighted by molar-refractivity contribution is 0.104. The molecule has 1 aromatic rings. The number of rotatable bonds is 4. The van der Waals surface area contributed by atoms with E-state index in [0.29, 0.717) is 18.4 Å². The van der Waals surface area contributed by atoms with Gasteiger partial charge in [-0.25, -0.2) is 9.97 Å². The van der Waals surface area contributed by atoms with Crippen LogP contribution in [0, 0.1) is 5.92 Å². The zero-order chi connectivity index (χ0) is 14.5. The molecule has 1 atom stereocenters. The maximum absolute atomic E-state index is 10.1. The van der Waals surface area contributed by atoms with Crippen molar-refractivity contribution in [1.82, 2.24) is 19.8 Å². The number of anilines is 1. The highest BCUT2D eigenvalue weighted by molar-refractivity contribution is 5.17. The molecule has 1 saturated heterocycles. The molecule has 0 aromatic carbocycles. The summed E-state index contributed by atoms with van der Waals surface area (Å²) in [5.41, 5.74) is 6.52. The summed E-state index contributed by atoms with van der Waals surface area (Å²) in [7, 11) is 0. The molecule has 0 unspecified atom stereocenters. The first-order chi connectivity index (χ1) is 9.52. The number of nitrogens with zero attached hydrogens (tertiary/aromatic N) is 4. The highest BCUT2D eigenvalue weighted by Crippen LogP contribution is 2.10. The van der Waals surface area contributed by atoms with Crippen LogP contribution in [0.25, 0.3) is 0 Å². The molecule has 6 heteroatoms. The van der Waals surface area contributed by atoms with Crippen molar-refractivity contribution in [2.45, 2.75) is 26.5 Å². The van der Waals surface area contributed by atoms with E-state index in [4.69, 9.17) is 5.73 Å². The summed E-state index contributed by atoms with van der Waals surface area (Å²) in [4.78, 5) is 12.6. The molecule has 6 nitrogen and oxygen atoms in total. The average Bonchev–Trinajstić information content (AvgIpc) is 2.53. The van der Waals surface area contributed by atoms with E-state index >= 15 is 0 Å². The Balaban J connectivity index is 1.91. The summed E-state index contributed by atoms with van der Waals surface area (Å²) < 4.78 is 0. The zero-order valence-corrected chi connectivity index (χ0v) is 12.4. The molecule has 2 heterocycles. The molecule has 3 N–H and O–H groups in total. The van der Waals surface area contributed by atoms with Gasteiger partial charge in [0, 0.05) is 57.2 Å². The molecule has 1 fully saturated rings. The zero-order valence-electron chi connectivity index (χ0n) is 12.4. The van der Waals surface area contributed by atoms with Crippen LogP contribution in [0.5, 0.6) is 0 Å². The predicted molar refractivity (Wildman–Crippen MR) is 79.0 cm³/mol. The average molecular weight is 279 g/mol. The fourth-order valence-corrected chi connectivity index (χ4v) is 2.65. The van der Waals surface area contributed by atoms with E-state index < -0.39 is 0 Å². The predicted octanol–water partition coefficient (Wildman–Crippen LogP) is 0.193. The van der Waals surface area contributed by atoms with Crippen LogP contribution in [-0.2, 0) is 6.54 Å². The normalized spacial score (nSPS) is 22.1. The third-order valence-electron chi connectivity index (χ3n) is 3.43. The molecule has 0 saturated carbocycles. The van der Waals surface area contributed by atoms with Crippen molar-refractivity contribution >= 4 is 5.95 Å². The molecular formula is C14H25N5O. The third-order valence-corrected chi connectivity index (χ3v) is 3.43. The van der Waals surface area contributed by atoms with Crippen molar-refractivity contribution in [3.63, 3.8) is 0 Å². The maximum atomic E-state index is 10.1. The molecule has 1 aromatic heterocycles. The van der Waals surface area contributed by atoms with Crippen LogP contribution in [0.2, 0.25) is 0 Å². The van der Waals surface area contributed by atoms with Gasteiger partial charge >= 0.3 is 0 Å². The van der Waals surface area contributed by atoms with Crippen molar-refractivity contribution in [1.29, 1.82) is 0 Å². The second-order valence-corrected chi connectivity index (χ2v) is 5.99. The molecule has 1 aliphatic heterocycles. The molecule has 20 heavy (non-hydrogen) atoms. The quantitative estimate of drug-likeness (QED) is 0.819. The van der Waals surface area contributed by atoms with E-state index in [9.17, 15) is 5.11 Å². The van der Waals surface area contributed by atoms with Crippen LogP contribution in [0.15, 0.2) is 12.4 Å². The van der Waals surface area contributed by atoms with E-state index in [-0.39, 0.29) is 6.10 Å². The highest BCUT2D eigenvalue weighted by Gasteiger charge is 2.21. The van der Waals surface area contributed by atoms with Gasteiger partial charge in [0.2, 0.25) is 5.95 Å². The van der Waals surface area contributed by atoms with Gasteiger partial charge in [0.05, 0.1) is 6.10 Å². The molecule has 0 bridgehead atoms. The van der Waals surface area contributed by atoms with Gasteiger partial charge in [-0.15, -0.1) is 0 Å². The van der Waals surface area contributed by atoms with Gasteiger partial charge in [0.15, 0.2) is 0 Å². The largest absolute Gasteiger partial charge is 0.390 e. The number of aliphatic hydroxyl groups is 1. The maximum Gasteiger partial charge on any atom is 0.219 e. The number of aliphatic hydroxyl groups excluding tert-OH is 1. The second kappa shape index (κ2) is 6.97. The van der Waals surface area contributed by atoms with Crippen LogP contribution >= 0.6 is 0 Å². The summed E-state index contributed by atoms with van der Waals surface area (Å²) >= 11 is 0. The first-order valence-electron chi connectivity index (χ1n) is 7.22. The summed E-state index contributed by atoms with van der Waals surface area (Å²) in [6, 6.07) is 0. The van der Waals surface area contributed by atoms with Gasteiger partial charge in [0.1, 0.15) is 0 Å². The lowest BCUT2D eigenvalue weighted by Gasteiger charge is -2.23. The van der Waals surface area contributed by atoms with Crippen molar-refractivity contribution in [2.24, 2.45) is 5.92 Å². The van der Waals surface area contributed by atoms with Gasteiger partial charge in [-0.1, -0.05) is 13.8 Å². The smallest absolute Gasteiger partial charge is 0.219 e. The number of hydrogen-bond acceptors (Lipinski definition) is 6. The Morgan fingerprint density at radius 3 is 2.50 bits per heavy atom. The molecule has 112 valence electrons. The Morgan fingerprint density at radius 1 is 1.25 bits per heavy atom. The van der Waals surface area contributed by atoms with E-state index in [0.717, 1.165) is 38.3 Å². The number of nitrogen functional groups attached to an aromatic ring is 1. The lowest BCUT2D eigenvalue weighted by atomic mass is 10.2. The van der Waals surface area contributed by atoms with Gasteiger partial charge in [-0.2, -0.15) is 0 Å². The minimum absolute atomic E-state index is 0.299. The summed E-state index contributed by atoms with van der Waals surface area (Å²) in [5.74, 6) is 0.923. The van der Waals surface area contributed by atoms with Gasteiger partial charge in [-0.05, 0) is 5.92 Å². The Kier molecular flexibility index (Phi) is 5.28. The van der Waals surface area contributed by atoms with Crippen molar-refractivity contribution < 1.29 is 5.11 Å². The van der Waals surface area contributed by atoms with Crippen LogP contribution < -0.4 is 5.73 Å². The van der Waals surface area contributed by atoms with E-state index in [1.165, 1.54) is 0 Å². The molecule has 0 amide bonds. The first kappa shape index (κ1) is 15.2. The fraction of sp³-hybridized carbons (Fsp3) is 0.714. The first-order valence-corrected chi connectivity index (χ1v) is 7.22. The standard InChI is InChI=1S/C14H25N5O/c1-11(2)7-18-3-4-19(10-13(20)9-18)8-12-5-16-14(15)17-6-12/h5-6,11,13,20H,3-4,7-10H2,1-2H3,(H2,15,16,17)/t13-/m0/s1. The molecule has 2 rings (SSSR count). The lowest BCUT2D eigenvalue weighted by Crippen LogP contribution is -2.35. The SMILES string of the molecule is CC(C)CN1CCN(Cc2cnc(N)nc2)C[C@@H](O)C1. The Morgan fingerprint density at radius 2 is 1.85 bits per heavy atom. The van der Waals surface area contributed by atoms with Crippen molar-refractivity contribution in [2.75, 3.05) is 38.5 Å². The molecule has 0 radical (unpaired) electrons. The molecule has 0 aliphatic carbocycles. The molecule has 0 spiro atoms. The number of nitrogens with two attached hydrogens (primary N) is 1. The number of β-amino-alcohol motifs (C(OH)–C–C–N with tert-alkyl or cyclic N) is 1. The second-order valence-electron chi connectivity index (χ2n) is 5.99. The summed E-state index contributed by atoms with van der Waals surface area (Å²) in [6.45, 7) is 9.61. The van der Waals surface area contributed by atoms with Crippen LogP contribution in [0.3, 0.4) is 0 Å². The molecular weight excluding hydrogens is 254 g/mol. The van der Waals surface area contributed by atoms with E-state index in [1.54, 1.807) is 12.4 Å². The van der Waals surface area contributed by atoms with Gasteiger partial charge < -0.3 is 10.8 Å². The Bertz CT molecular complexity index is 409. The fourth-order valence-electron chi connectivity index (χ4n) is 2.65. The number of aromatic nitrogens is 2. The molecule has 1 aliphatic rings. The summed E-state index contributed by atoms with van der Waals surface area (Å²) in [6.07, 6.45) is 3.21. The Hall–Kier alpha value is -1.24. The van der Waals surface area contributed by atoms with Crippen molar-refractivity contribution in [3.8, 4) is 0 Å². The van der Waals surface area contributed by atoms with Crippen LogP contribution in [0.4, 0.5) is 5.95 Å². The van der Waals surface area contributed by atoms with E-state index in [1.807, 2.05) is 0 Å². The number of hydrogen-bond donors (Lipinski definition) is 2. The third kappa shape index (κ3) is 4.70. The monoisotopic (exact) mass is 279 g/mol. The van der Waals surface area contributed by atoms with Gasteiger partial charge in [0.25, 0.3) is 0 Å². The summed E-state index contributed by atoms with van der Waals surface area (Å²) in [5, 5.41) is 10.1. The Labute approximate surface area is 120 Å². The highest BCUT2D eigenvalue weighted by atomic mass is 16.3.